The molecule has 0 spiro atoms. The molecular formula is C71H114NO8P. The van der Waals surface area contributed by atoms with Gasteiger partial charge in [0.1, 0.15) is 6.61 Å². The van der Waals surface area contributed by atoms with E-state index >= 15 is 0 Å². The highest BCUT2D eigenvalue weighted by molar-refractivity contribution is 7.47. The summed E-state index contributed by atoms with van der Waals surface area (Å²) in [5, 5.41) is 0. The van der Waals surface area contributed by atoms with Gasteiger partial charge in [0.25, 0.3) is 0 Å². The van der Waals surface area contributed by atoms with E-state index in [2.05, 4.69) is 184 Å². The van der Waals surface area contributed by atoms with E-state index in [4.69, 9.17) is 24.3 Å². The van der Waals surface area contributed by atoms with Gasteiger partial charge in [-0.1, -0.05) is 261 Å². The highest BCUT2D eigenvalue weighted by Crippen LogP contribution is 2.43. The van der Waals surface area contributed by atoms with E-state index in [0.29, 0.717) is 12.8 Å². The van der Waals surface area contributed by atoms with Crippen LogP contribution in [0.25, 0.3) is 0 Å². The average Bonchev–Trinajstić information content (AvgIpc) is 3.46. The van der Waals surface area contributed by atoms with Crippen molar-refractivity contribution in [2.24, 2.45) is 5.73 Å². The van der Waals surface area contributed by atoms with Gasteiger partial charge in [-0.3, -0.25) is 18.6 Å². The normalized spacial score (nSPS) is 14.2. The molecular weight excluding hydrogens is 1030 g/mol. The van der Waals surface area contributed by atoms with E-state index in [0.717, 1.165) is 148 Å². The maximum Gasteiger partial charge on any atom is 0.472 e. The zero-order chi connectivity index (χ0) is 58.7. The fourth-order valence-corrected chi connectivity index (χ4v) is 8.77. The molecule has 81 heavy (non-hydrogen) atoms. The fourth-order valence-electron chi connectivity index (χ4n) is 8.01. The van der Waals surface area contributed by atoms with Crippen LogP contribution in [0.15, 0.2) is 170 Å². The first-order chi connectivity index (χ1) is 39.8. The van der Waals surface area contributed by atoms with Gasteiger partial charge in [0.2, 0.25) is 0 Å². The van der Waals surface area contributed by atoms with Crippen molar-refractivity contribution in [1.82, 2.24) is 0 Å². The smallest absolute Gasteiger partial charge is 0.462 e. The Morgan fingerprint density at radius 2 is 0.642 bits per heavy atom. The number of carbonyl (C=O) groups excluding carboxylic acids is 2. The molecule has 0 amide bonds. The Morgan fingerprint density at radius 3 is 0.951 bits per heavy atom. The number of ether oxygens (including phenoxy) is 2. The minimum absolute atomic E-state index is 0.0407. The second-order valence-corrected chi connectivity index (χ2v) is 21.6. The number of phosphoric acid groups is 1. The van der Waals surface area contributed by atoms with E-state index in [1.807, 2.05) is 0 Å². The van der Waals surface area contributed by atoms with Gasteiger partial charge in [-0.2, -0.15) is 0 Å². The summed E-state index contributed by atoms with van der Waals surface area (Å²) in [7, 11) is -4.41. The van der Waals surface area contributed by atoms with Crippen LogP contribution >= 0.6 is 7.82 Å². The summed E-state index contributed by atoms with van der Waals surface area (Å²) in [5.41, 5.74) is 5.39. The summed E-state index contributed by atoms with van der Waals surface area (Å²) in [5.74, 6) is -0.865. The number of rotatable bonds is 57. The Bertz CT molecular complexity index is 1930. The van der Waals surface area contributed by atoms with Crippen molar-refractivity contribution in [3.63, 3.8) is 0 Å². The van der Waals surface area contributed by atoms with Crippen molar-refractivity contribution in [2.45, 2.75) is 238 Å². The first kappa shape index (κ1) is 76.4. The number of phosphoric ester groups is 1. The lowest BCUT2D eigenvalue weighted by atomic mass is 10.0. The number of unbranched alkanes of at least 4 members (excludes halogenated alkanes) is 16. The van der Waals surface area contributed by atoms with Crippen LogP contribution < -0.4 is 5.73 Å². The fraction of sp³-hybridized carbons (Fsp3) is 0.577. The third-order valence-corrected chi connectivity index (χ3v) is 13.6. The van der Waals surface area contributed by atoms with E-state index in [9.17, 15) is 19.0 Å². The summed E-state index contributed by atoms with van der Waals surface area (Å²) in [6.07, 6.45) is 95.5. The molecule has 0 aliphatic carbocycles. The lowest BCUT2D eigenvalue weighted by Crippen LogP contribution is -2.29. The molecule has 3 N–H and O–H groups in total. The summed E-state index contributed by atoms with van der Waals surface area (Å²) in [6.45, 7) is 3.47. The number of allylic oxidation sites excluding steroid dienone is 28. The molecule has 0 heterocycles. The lowest BCUT2D eigenvalue weighted by molar-refractivity contribution is -0.161. The Labute approximate surface area is 495 Å². The Balaban J connectivity index is 4.05. The van der Waals surface area contributed by atoms with E-state index < -0.39 is 32.5 Å². The SMILES string of the molecule is CC/C=C\C/C=C\C/C=C\C/C=C\C/C=C\C/C=C\C/C=C\CCCCCCCCCCCCCC(=O)OC(COC(=O)CCCCCCC/C=C\C/C=C\C/C=C\C/C=C\C/C=C\C/C=C\C/C=C\CC)COP(=O)(O)OCCN. The van der Waals surface area contributed by atoms with Gasteiger partial charge in [-0.15, -0.1) is 0 Å². The zero-order valence-electron chi connectivity index (χ0n) is 50.9. The molecule has 0 aromatic carbocycles. The summed E-state index contributed by atoms with van der Waals surface area (Å²) in [6, 6.07) is 0. The van der Waals surface area contributed by atoms with Gasteiger partial charge in [0, 0.05) is 19.4 Å². The highest BCUT2D eigenvalue weighted by atomic mass is 31.2. The molecule has 9 nitrogen and oxygen atoms in total. The number of hydrogen-bond acceptors (Lipinski definition) is 8. The molecule has 0 saturated carbocycles. The predicted octanol–water partition coefficient (Wildman–Crippen LogP) is 20.6. The van der Waals surface area contributed by atoms with Crippen LogP contribution in [-0.2, 0) is 32.7 Å². The maximum absolute atomic E-state index is 12.7. The molecule has 2 atom stereocenters. The van der Waals surface area contributed by atoms with Crippen LogP contribution in [0.2, 0.25) is 0 Å². The second-order valence-electron chi connectivity index (χ2n) is 20.2. The van der Waals surface area contributed by atoms with Gasteiger partial charge in [0.15, 0.2) is 6.10 Å². The van der Waals surface area contributed by atoms with Crippen molar-refractivity contribution < 1.29 is 37.6 Å². The van der Waals surface area contributed by atoms with Gasteiger partial charge in [-0.05, 0) is 128 Å². The topological polar surface area (TPSA) is 134 Å². The van der Waals surface area contributed by atoms with Crippen LogP contribution in [0.3, 0.4) is 0 Å². The van der Waals surface area contributed by atoms with Crippen molar-refractivity contribution in [3.8, 4) is 0 Å². The molecule has 456 valence electrons. The first-order valence-electron chi connectivity index (χ1n) is 31.6. The van der Waals surface area contributed by atoms with Crippen molar-refractivity contribution in [3.05, 3.63) is 170 Å². The van der Waals surface area contributed by atoms with Gasteiger partial charge in [-0.25, -0.2) is 4.57 Å². The summed E-state index contributed by atoms with van der Waals surface area (Å²) in [4.78, 5) is 35.3. The van der Waals surface area contributed by atoms with Crippen LogP contribution in [0.1, 0.15) is 232 Å². The van der Waals surface area contributed by atoms with Crippen LogP contribution in [-0.4, -0.2) is 49.3 Å². The molecule has 0 aromatic rings. The molecule has 10 heteroatoms. The number of nitrogens with two attached hydrogens (primary N) is 1. The Kier molecular flexibility index (Phi) is 60.8. The van der Waals surface area contributed by atoms with Crippen LogP contribution in [0, 0.1) is 0 Å². The largest absolute Gasteiger partial charge is 0.472 e. The molecule has 0 bridgehead atoms. The van der Waals surface area contributed by atoms with Gasteiger partial charge < -0.3 is 20.1 Å². The van der Waals surface area contributed by atoms with Crippen molar-refractivity contribution in [2.75, 3.05) is 26.4 Å². The number of esters is 2. The molecule has 2 unspecified atom stereocenters. The van der Waals surface area contributed by atoms with Crippen LogP contribution in [0.4, 0.5) is 0 Å². The standard InChI is InChI=1S/C71H114NO8P/c1-3-5-7-9-11-13-15-17-19-21-23-25-27-29-31-32-33-34-35-36-38-40-42-44-46-48-50-52-54-56-58-60-62-64-71(74)80-69(68-79-81(75,76)78-66-65-72)67-77-70(73)63-61-59-57-55-53-51-49-47-45-43-41-39-37-30-28-26-24-22-20-18-16-14-12-10-8-6-4-2/h5-8,11-14,17-20,23-26,29-31,33-34,36-38,41,43,47,49,69H,3-4,9-10,15-16,21-22,27-28,32,35,39-40,42,44-46,48,50-68,72H2,1-2H3,(H,75,76)/b7-5-,8-6-,13-11-,14-12-,19-17-,20-18-,25-23-,26-24-,31-29-,34-33-,37-30-,38-36-,43-41-,49-47-. The summed E-state index contributed by atoms with van der Waals surface area (Å²) < 4.78 is 33.1. The first-order valence-corrected chi connectivity index (χ1v) is 33.1. The molecule has 0 fully saturated rings. The third kappa shape index (κ3) is 64.4. The average molecular weight is 1140 g/mol. The molecule has 0 aliphatic heterocycles. The number of hydrogen-bond donors (Lipinski definition) is 2. The van der Waals surface area contributed by atoms with Crippen LogP contribution in [0.5, 0.6) is 0 Å². The second kappa shape index (κ2) is 64.5. The van der Waals surface area contributed by atoms with E-state index in [1.54, 1.807) is 0 Å². The lowest BCUT2D eigenvalue weighted by Gasteiger charge is -2.19. The van der Waals surface area contributed by atoms with Crippen molar-refractivity contribution >= 4 is 19.8 Å². The zero-order valence-corrected chi connectivity index (χ0v) is 51.8. The predicted molar refractivity (Wildman–Crippen MR) is 348 cm³/mol. The minimum atomic E-state index is -4.41. The van der Waals surface area contributed by atoms with E-state index in [-0.39, 0.29) is 32.6 Å². The van der Waals surface area contributed by atoms with Gasteiger partial charge in [0.05, 0.1) is 13.2 Å². The van der Waals surface area contributed by atoms with Gasteiger partial charge >= 0.3 is 19.8 Å². The quantitative estimate of drug-likeness (QED) is 0.0264. The molecule has 0 rings (SSSR count). The monoisotopic (exact) mass is 1140 g/mol. The Hall–Kier alpha value is -4.63. The molecule has 0 saturated heterocycles. The molecule has 0 radical (unpaired) electrons. The number of carbonyl (C=O) groups is 2. The Morgan fingerprint density at radius 1 is 0.370 bits per heavy atom. The molecule has 0 aromatic heterocycles. The summed E-state index contributed by atoms with van der Waals surface area (Å²) >= 11 is 0. The molecule has 0 aliphatic rings. The third-order valence-electron chi connectivity index (χ3n) is 12.6. The van der Waals surface area contributed by atoms with Crippen molar-refractivity contribution in [1.29, 1.82) is 0 Å². The van der Waals surface area contributed by atoms with E-state index in [1.165, 1.54) is 44.9 Å². The maximum atomic E-state index is 12.7. The minimum Gasteiger partial charge on any atom is -0.462 e. The highest BCUT2D eigenvalue weighted by Gasteiger charge is 2.26.